The van der Waals surface area contributed by atoms with Crippen LogP contribution in [0.1, 0.15) is 31.4 Å². The van der Waals surface area contributed by atoms with E-state index in [0.717, 1.165) is 18.5 Å². The maximum Gasteiger partial charge on any atom is 0.153 e. The molecular weight excluding hydrogens is 355 g/mol. The van der Waals surface area contributed by atoms with Crippen molar-refractivity contribution in [1.82, 2.24) is 9.97 Å². The number of nitrogens with zero attached hydrogens (tertiary/aromatic N) is 2. The molecule has 0 saturated heterocycles. The number of anilines is 2. The molecule has 1 aliphatic carbocycles. The van der Waals surface area contributed by atoms with Gasteiger partial charge in [0, 0.05) is 12.4 Å². The lowest BCUT2D eigenvalue weighted by Gasteiger charge is -2.14. The summed E-state index contributed by atoms with van der Waals surface area (Å²) in [4.78, 5) is 7.98. The summed E-state index contributed by atoms with van der Waals surface area (Å²) in [6.45, 7) is 0. The topological polar surface area (TPSA) is 77.8 Å². The molecular formula is C16H17Cl3N4. The number of rotatable bonds is 1. The molecule has 0 aromatic carbocycles. The Morgan fingerprint density at radius 1 is 0.870 bits per heavy atom. The molecule has 0 fully saturated rings. The second-order valence-electron chi connectivity index (χ2n) is 5.03. The number of hydrogen-bond acceptors (Lipinski definition) is 4. The van der Waals surface area contributed by atoms with Crippen LogP contribution in [0.5, 0.6) is 0 Å². The van der Waals surface area contributed by atoms with Gasteiger partial charge in [-0.3, -0.25) is 4.98 Å². The molecule has 4 nitrogen and oxygen atoms in total. The summed E-state index contributed by atoms with van der Waals surface area (Å²) in [7, 11) is 0. The zero-order chi connectivity index (χ0) is 16.8. The highest BCUT2D eigenvalue weighted by atomic mass is 35.5. The minimum Gasteiger partial charge on any atom is -0.396 e. The minimum absolute atomic E-state index is 0.252. The summed E-state index contributed by atoms with van der Waals surface area (Å²) in [6, 6.07) is 3.31. The van der Waals surface area contributed by atoms with E-state index in [-0.39, 0.29) is 5.15 Å². The fourth-order valence-corrected chi connectivity index (χ4v) is 2.68. The Bertz CT molecular complexity index is 696. The fraction of sp³-hybridized carbons (Fsp3) is 0.250. The highest BCUT2D eigenvalue weighted by Gasteiger charge is 2.11. The van der Waals surface area contributed by atoms with Gasteiger partial charge in [-0.1, -0.05) is 40.9 Å². The summed E-state index contributed by atoms with van der Waals surface area (Å²) in [5.41, 5.74) is 14.3. The van der Waals surface area contributed by atoms with Gasteiger partial charge >= 0.3 is 0 Å². The van der Waals surface area contributed by atoms with E-state index in [1.807, 2.05) is 0 Å². The third kappa shape index (κ3) is 4.74. The van der Waals surface area contributed by atoms with Gasteiger partial charge in [0.05, 0.1) is 27.1 Å². The molecule has 0 bridgehead atoms. The maximum atomic E-state index is 5.94. The zero-order valence-electron chi connectivity index (χ0n) is 12.4. The monoisotopic (exact) mass is 370 g/mol. The van der Waals surface area contributed by atoms with Crippen molar-refractivity contribution >= 4 is 51.8 Å². The van der Waals surface area contributed by atoms with Crippen molar-refractivity contribution in [3.05, 3.63) is 51.5 Å². The average molecular weight is 372 g/mol. The predicted molar refractivity (Wildman–Crippen MR) is 98.8 cm³/mol. The SMILES string of the molecule is Nc1c(Cl)ccnc1C1=CCCCC1.Nc1c(Cl)ccnc1Cl. The van der Waals surface area contributed by atoms with Gasteiger partial charge in [0.2, 0.25) is 0 Å². The largest absolute Gasteiger partial charge is 0.396 e. The molecule has 0 atom stereocenters. The van der Waals surface area contributed by atoms with Crippen molar-refractivity contribution in [2.75, 3.05) is 11.5 Å². The number of pyridine rings is 2. The predicted octanol–water partition coefficient (Wildman–Crippen LogP) is 5.25. The van der Waals surface area contributed by atoms with Crippen LogP contribution >= 0.6 is 34.8 Å². The molecule has 2 aromatic rings. The molecule has 2 aromatic heterocycles. The van der Waals surface area contributed by atoms with E-state index in [9.17, 15) is 0 Å². The Morgan fingerprint density at radius 3 is 2.09 bits per heavy atom. The van der Waals surface area contributed by atoms with Gasteiger partial charge in [-0.2, -0.15) is 0 Å². The van der Waals surface area contributed by atoms with Gasteiger partial charge in [0.15, 0.2) is 5.15 Å². The first kappa shape index (κ1) is 17.9. The number of halogens is 3. The first-order chi connectivity index (χ1) is 11.0. The van der Waals surface area contributed by atoms with Crippen molar-refractivity contribution < 1.29 is 0 Å². The Kier molecular flexibility index (Phi) is 6.51. The van der Waals surface area contributed by atoms with E-state index < -0.39 is 0 Å². The average Bonchev–Trinajstić information content (AvgIpc) is 2.56. The number of allylic oxidation sites excluding steroid dienone is 2. The summed E-state index contributed by atoms with van der Waals surface area (Å²) in [5.74, 6) is 0. The highest BCUT2D eigenvalue weighted by Crippen LogP contribution is 2.31. The second-order valence-corrected chi connectivity index (χ2v) is 6.20. The van der Waals surface area contributed by atoms with E-state index in [4.69, 9.17) is 46.3 Å². The molecule has 0 unspecified atom stereocenters. The number of aromatic nitrogens is 2. The van der Waals surface area contributed by atoms with Crippen LogP contribution in [-0.2, 0) is 0 Å². The summed E-state index contributed by atoms with van der Waals surface area (Å²) in [6.07, 6.45) is 10.1. The standard InChI is InChI=1S/C11H13ClN2.C5H4Cl2N2/c12-9-6-7-14-11(10(9)13)8-4-2-1-3-5-8;6-3-1-2-9-5(7)4(3)8/h4,6-7H,1-3,5,13H2;1-2H,8H2. The van der Waals surface area contributed by atoms with E-state index in [2.05, 4.69) is 16.0 Å². The van der Waals surface area contributed by atoms with Crippen molar-refractivity contribution in [2.45, 2.75) is 25.7 Å². The van der Waals surface area contributed by atoms with Crippen molar-refractivity contribution in [3.8, 4) is 0 Å². The van der Waals surface area contributed by atoms with Gasteiger partial charge in [0.25, 0.3) is 0 Å². The number of nitrogens with two attached hydrogens (primary N) is 2. The molecule has 0 spiro atoms. The lowest BCUT2D eigenvalue weighted by atomic mass is 9.96. The van der Waals surface area contributed by atoms with Crippen LogP contribution in [-0.4, -0.2) is 9.97 Å². The van der Waals surface area contributed by atoms with Crippen LogP contribution in [0.2, 0.25) is 15.2 Å². The molecule has 3 rings (SSSR count). The lowest BCUT2D eigenvalue weighted by Crippen LogP contribution is -2.00. The van der Waals surface area contributed by atoms with E-state index in [1.165, 1.54) is 24.6 Å². The Hall–Kier alpha value is -1.49. The van der Waals surface area contributed by atoms with E-state index in [0.29, 0.717) is 21.4 Å². The van der Waals surface area contributed by atoms with E-state index in [1.54, 1.807) is 18.3 Å². The second kappa shape index (κ2) is 8.39. The Morgan fingerprint density at radius 2 is 1.52 bits per heavy atom. The smallest absolute Gasteiger partial charge is 0.153 e. The van der Waals surface area contributed by atoms with Crippen molar-refractivity contribution in [1.29, 1.82) is 0 Å². The van der Waals surface area contributed by atoms with Gasteiger partial charge in [-0.25, -0.2) is 4.98 Å². The molecule has 23 heavy (non-hydrogen) atoms. The van der Waals surface area contributed by atoms with Crippen LogP contribution in [0.25, 0.3) is 5.57 Å². The van der Waals surface area contributed by atoms with Crippen LogP contribution in [0, 0.1) is 0 Å². The first-order valence-electron chi connectivity index (χ1n) is 7.15. The third-order valence-electron chi connectivity index (χ3n) is 3.42. The molecule has 122 valence electrons. The van der Waals surface area contributed by atoms with Gasteiger partial charge in [-0.05, 0) is 43.4 Å². The lowest BCUT2D eigenvalue weighted by molar-refractivity contribution is 0.740. The molecule has 7 heteroatoms. The molecule has 0 radical (unpaired) electrons. The van der Waals surface area contributed by atoms with Crippen LogP contribution < -0.4 is 11.5 Å². The maximum absolute atomic E-state index is 5.94. The zero-order valence-corrected chi connectivity index (χ0v) is 14.7. The quantitative estimate of drug-likeness (QED) is 0.671. The van der Waals surface area contributed by atoms with Crippen molar-refractivity contribution in [3.63, 3.8) is 0 Å². The summed E-state index contributed by atoms with van der Waals surface area (Å²) >= 11 is 17.0. The molecule has 0 saturated carbocycles. The van der Waals surface area contributed by atoms with Crippen LogP contribution in [0.15, 0.2) is 30.6 Å². The van der Waals surface area contributed by atoms with Crippen molar-refractivity contribution in [2.24, 2.45) is 0 Å². The fourth-order valence-electron chi connectivity index (χ4n) is 2.18. The molecule has 1 aliphatic rings. The van der Waals surface area contributed by atoms with Gasteiger partial charge < -0.3 is 11.5 Å². The molecule has 0 aliphatic heterocycles. The van der Waals surface area contributed by atoms with Gasteiger partial charge in [0.1, 0.15) is 0 Å². The van der Waals surface area contributed by atoms with E-state index >= 15 is 0 Å². The highest BCUT2D eigenvalue weighted by molar-refractivity contribution is 6.38. The van der Waals surface area contributed by atoms with Crippen LogP contribution in [0.4, 0.5) is 11.4 Å². The normalized spacial score (nSPS) is 13.8. The molecule has 0 amide bonds. The third-order valence-corrected chi connectivity index (χ3v) is 4.38. The minimum atomic E-state index is 0.252. The first-order valence-corrected chi connectivity index (χ1v) is 8.29. The van der Waals surface area contributed by atoms with Gasteiger partial charge in [-0.15, -0.1) is 0 Å². The van der Waals surface area contributed by atoms with Crippen LogP contribution in [0.3, 0.4) is 0 Å². The molecule has 2 heterocycles. The number of nitrogen functional groups attached to an aromatic ring is 2. The number of hydrogen-bond donors (Lipinski definition) is 2. The molecule has 4 N–H and O–H groups in total. The Labute approximate surface area is 150 Å². The summed E-state index contributed by atoms with van der Waals surface area (Å²) < 4.78 is 0. The Balaban J connectivity index is 0.000000185. The summed E-state index contributed by atoms with van der Waals surface area (Å²) in [5, 5.41) is 1.29.